The molecule has 1 aromatic rings. The number of carbonyl (C=O) groups is 1. The van der Waals surface area contributed by atoms with Crippen molar-refractivity contribution in [3.05, 3.63) is 28.8 Å². The van der Waals surface area contributed by atoms with E-state index in [0.717, 1.165) is 24.6 Å². The van der Waals surface area contributed by atoms with Gasteiger partial charge in [-0.15, -0.1) is 0 Å². The van der Waals surface area contributed by atoms with Crippen LogP contribution >= 0.6 is 23.4 Å². The maximum absolute atomic E-state index is 12.1. The summed E-state index contributed by atoms with van der Waals surface area (Å²) in [6.45, 7) is 1.62. The third-order valence-corrected chi connectivity index (χ3v) is 3.82. The molecule has 1 heterocycles. The monoisotopic (exact) mass is 256 g/mol. The van der Waals surface area contributed by atoms with Crippen LogP contribution in [0.25, 0.3) is 0 Å². The molecule has 1 amide bonds. The van der Waals surface area contributed by atoms with E-state index in [4.69, 9.17) is 17.3 Å². The van der Waals surface area contributed by atoms with Crippen molar-refractivity contribution >= 4 is 35.0 Å². The Morgan fingerprint density at radius 2 is 2.06 bits per heavy atom. The summed E-state index contributed by atoms with van der Waals surface area (Å²) in [6.07, 6.45) is 0. The van der Waals surface area contributed by atoms with Crippen LogP contribution in [0.3, 0.4) is 0 Å². The highest BCUT2D eigenvalue weighted by Crippen LogP contribution is 2.21. The minimum absolute atomic E-state index is 0.0437. The topological polar surface area (TPSA) is 46.3 Å². The summed E-state index contributed by atoms with van der Waals surface area (Å²) in [5.74, 6) is 2.06. The molecule has 1 aromatic carbocycles. The van der Waals surface area contributed by atoms with Crippen LogP contribution in [0.2, 0.25) is 5.02 Å². The van der Waals surface area contributed by atoms with Gasteiger partial charge >= 0.3 is 0 Å². The lowest BCUT2D eigenvalue weighted by Crippen LogP contribution is -2.37. The van der Waals surface area contributed by atoms with Crippen molar-refractivity contribution in [3.63, 3.8) is 0 Å². The number of benzene rings is 1. The van der Waals surface area contributed by atoms with Crippen LogP contribution in [0.4, 0.5) is 5.69 Å². The molecule has 3 nitrogen and oxygen atoms in total. The highest BCUT2D eigenvalue weighted by atomic mass is 35.5. The van der Waals surface area contributed by atoms with Crippen molar-refractivity contribution in [1.82, 2.24) is 4.90 Å². The van der Waals surface area contributed by atoms with E-state index in [1.54, 1.807) is 18.2 Å². The fraction of sp³-hybridized carbons (Fsp3) is 0.364. The predicted molar refractivity (Wildman–Crippen MR) is 69.1 cm³/mol. The van der Waals surface area contributed by atoms with Gasteiger partial charge in [0.2, 0.25) is 0 Å². The zero-order valence-electron chi connectivity index (χ0n) is 8.78. The van der Waals surface area contributed by atoms with Crippen LogP contribution in [-0.4, -0.2) is 35.4 Å². The number of nitrogens with two attached hydrogens (primary N) is 1. The molecule has 0 atom stereocenters. The largest absolute Gasteiger partial charge is 0.398 e. The van der Waals surface area contributed by atoms with Gasteiger partial charge in [0.15, 0.2) is 0 Å². The molecule has 0 saturated carbocycles. The number of nitrogens with zero attached hydrogens (tertiary/aromatic N) is 1. The average molecular weight is 257 g/mol. The lowest BCUT2D eigenvalue weighted by molar-refractivity contribution is 0.0772. The highest BCUT2D eigenvalue weighted by Gasteiger charge is 2.18. The van der Waals surface area contributed by atoms with Crippen LogP contribution in [0.5, 0.6) is 0 Å². The normalized spacial score (nSPS) is 16.2. The highest BCUT2D eigenvalue weighted by molar-refractivity contribution is 7.99. The van der Waals surface area contributed by atoms with Crippen molar-refractivity contribution in [2.24, 2.45) is 0 Å². The van der Waals surface area contributed by atoms with Crippen LogP contribution in [-0.2, 0) is 0 Å². The average Bonchev–Trinajstić information content (AvgIpc) is 2.33. The minimum atomic E-state index is 0.0437. The van der Waals surface area contributed by atoms with Gasteiger partial charge in [0.1, 0.15) is 0 Å². The first-order valence-electron chi connectivity index (χ1n) is 5.10. The summed E-state index contributed by atoms with van der Waals surface area (Å²) in [6, 6.07) is 5.04. The first kappa shape index (κ1) is 11.6. The lowest BCUT2D eigenvalue weighted by atomic mass is 10.2. The molecule has 0 unspecified atom stereocenters. The first-order chi connectivity index (χ1) is 7.68. The van der Waals surface area contributed by atoms with Gasteiger partial charge in [-0.25, -0.2) is 0 Å². The van der Waals surface area contributed by atoms with Gasteiger partial charge in [0, 0.05) is 30.2 Å². The van der Waals surface area contributed by atoms with E-state index in [0.29, 0.717) is 16.3 Å². The number of anilines is 1. The number of rotatable bonds is 1. The molecule has 1 fully saturated rings. The Hall–Kier alpha value is -0.870. The number of halogens is 1. The number of carbonyl (C=O) groups excluding carboxylic acids is 1. The molecule has 1 saturated heterocycles. The summed E-state index contributed by atoms with van der Waals surface area (Å²) in [4.78, 5) is 13.9. The molecular formula is C11H13ClN2OS. The maximum Gasteiger partial charge on any atom is 0.253 e. The molecule has 1 aliphatic heterocycles. The summed E-state index contributed by atoms with van der Waals surface area (Å²) in [5.41, 5.74) is 6.73. The first-order valence-corrected chi connectivity index (χ1v) is 6.64. The molecule has 5 heteroatoms. The molecule has 16 heavy (non-hydrogen) atoms. The van der Waals surface area contributed by atoms with Gasteiger partial charge in [0.05, 0.1) is 10.7 Å². The van der Waals surface area contributed by atoms with Crippen molar-refractivity contribution in [1.29, 1.82) is 0 Å². The zero-order valence-corrected chi connectivity index (χ0v) is 10.4. The Balaban J connectivity index is 2.16. The fourth-order valence-electron chi connectivity index (χ4n) is 1.61. The second-order valence-corrected chi connectivity index (χ2v) is 5.27. The predicted octanol–water partition coefficient (Wildman–Crippen LogP) is 2.11. The Labute approximate surface area is 104 Å². The van der Waals surface area contributed by atoms with Crippen molar-refractivity contribution in [2.75, 3.05) is 30.3 Å². The third kappa shape index (κ3) is 2.44. The quantitative estimate of drug-likeness (QED) is 0.783. The molecular weight excluding hydrogens is 244 g/mol. The van der Waals surface area contributed by atoms with Crippen LogP contribution in [0, 0.1) is 0 Å². The van der Waals surface area contributed by atoms with Gasteiger partial charge in [-0.1, -0.05) is 11.6 Å². The van der Waals surface area contributed by atoms with E-state index in [1.165, 1.54) is 0 Å². The number of hydrogen-bond donors (Lipinski definition) is 1. The molecule has 0 aromatic heterocycles. The molecule has 86 valence electrons. The minimum Gasteiger partial charge on any atom is -0.398 e. The van der Waals surface area contributed by atoms with Crippen molar-refractivity contribution in [3.8, 4) is 0 Å². The third-order valence-electron chi connectivity index (χ3n) is 2.55. The molecule has 0 spiro atoms. The standard InChI is InChI=1S/C11H13ClN2OS/c12-9-7-8(1-2-10(9)13)11(15)14-3-5-16-6-4-14/h1-2,7H,3-6,13H2. The number of hydrogen-bond acceptors (Lipinski definition) is 3. The Morgan fingerprint density at radius 1 is 1.38 bits per heavy atom. The van der Waals surface area contributed by atoms with E-state index in [1.807, 2.05) is 16.7 Å². The smallest absolute Gasteiger partial charge is 0.253 e. The number of thioether (sulfide) groups is 1. The molecule has 0 radical (unpaired) electrons. The molecule has 0 bridgehead atoms. The maximum atomic E-state index is 12.1. The van der Waals surface area contributed by atoms with E-state index < -0.39 is 0 Å². The van der Waals surface area contributed by atoms with E-state index in [2.05, 4.69) is 0 Å². The van der Waals surface area contributed by atoms with Gasteiger partial charge in [-0.2, -0.15) is 11.8 Å². The SMILES string of the molecule is Nc1ccc(C(=O)N2CCSCC2)cc1Cl. The summed E-state index contributed by atoms with van der Waals surface area (Å²) in [7, 11) is 0. The molecule has 1 aliphatic rings. The molecule has 2 rings (SSSR count). The lowest BCUT2D eigenvalue weighted by Gasteiger charge is -2.26. The van der Waals surface area contributed by atoms with Gasteiger partial charge in [-0.05, 0) is 18.2 Å². The second-order valence-electron chi connectivity index (χ2n) is 3.64. The van der Waals surface area contributed by atoms with Gasteiger partial charge in [0.25, 0.3) is 5.91 Å². The number of amides is 1. The Bertz CT molecular complexity index is 405. The van der Waals surface area contributed by atoms with Crippen LogP contribution in [0.1, 0.15) is 10.4 Å². The Morgan fingerprint density at radius 3 is 2.69 bits per heavy atom. The fourth-order valence-corrected chi connectivity index (χ4v) is 2.69. The van der Waals surface area contributed by atoms with E-state index in [-0.39, 0.29) is 5.91 Å². The van der Waals surface area contributed by atoms with Crippen molar-refractivity contribution in [2.45, 2.75) is 0 Å². The summed E-state index contributed by atoms with van der Waals surface area (Å²) < 4.78 is 0. The zero-order chi connectivity index (χ0) is 11.5. The van der Waals surface area contributed by atoms with E-state index in [9.17, 15) is 4.79 Å². The summed E-state index contributed by atoms with van der Waals surface area (Å²) in [5, 5.41) is 0.442. The van der Waals surface area contributed by atoms with E-state index >= 15 is 0 Å². The Kier molecular flexibility index (Phi) is 3.61. The molecule has 0 aliphatic carbocycles. The second kappa shape index (κ2) is 4.97. The summed E-state index contributed by atoms with van der Waals surface area (Å²) >= 11 is 7.77. The van der Waals surface area contributed by atoms with Gasteiger partial charge in [-0.3, -0.25) is 4.79 Å². The van der Waals surface area contributed by atoms with Crippen LogP contribution < -0.4 is 5.73 Å². The van der Waals surface area contributed by atoms with Gasteiger partial charge < -0.3 is 10.6 Å². The number of nitrogen functional groups attached to an aromatic ring is 1. The molecule has 2 N–H and O–H groups in total. The van der Waals surface area contributed by atoms with Crippen LogP contribution in [0.15, 0.2) is 18.2 Å². The van der Waals surface area contributed by atoms with Crippen molar-refractivity contribution < 1.29 is 4.79 Å².